The molecule has 1 atom stereocenters. The highest BCUT2D eigenvalue weighted by Crippen LogP contribution is 2.64. The summed E-state index contributed by atoms with van der Waals surface area (Å²) < 4.78 is 36.3. The van der Waals surface area contributed by atoms with Crippen LogP contribution in [0.3, 0.4) is 0 Å². The third-order valence-electron chi connectivity index (χ3n) is 11.4. The van der Waals surface area contributed by atoms with Gasteiger partial charge < -0.3 is 4.90 Å². The number of hydrogen-bond donors (Lipinski definition) is 0. The Morgan fingerprint density at radius 2 is 0.889 bits per heavy atom. The molecule has 0 saturated carbocycles. The molecular weight excluding hydrogens is 651 g/mol. The maximum atomic E-state index is 9.50. The normalized spacial score (nSPS) is 15.8. The summed E-state index contributed by atoms with van der Waals surface area (Å²) in [6.45, 7) is 0. The lowest BCUT2D eigenvalue weighted by Gasteiger charge is -2.31. The summed E-state index contributed by atoms with van der Waals surface area (Å²) in [5.41, 5.74) is 13.8. The zero-order chi connectivity index (χ0) is 39.1. The lowest BCUT2D eigenvalue weighted by molar-refractivity contribution is 0.794. The van der Waals surface area contributed by atoms with Crippen LogP contribution in [-0.2, 0) is 5.41 Å². The van der Waals surface area contributed by atoms with Crippen LogP contribution in [0.2, 0.25) is 0 Å². The predicted molar refractivity (Wildman–Crippen MR) is 226 cm³/mol. The summed E-state index contributed by atoms with van der Waals surface area (Å²) in [6.07, 6.45) is 0. The van der Waals surface area contributed by atoms with Gasteiger partial charge in [-0.1, -0.05) is 188 Å². The largest absolute Gasteiger partial charge is 0.309 e. The van der Waals surface area contributed by atoms with Crippen LogP contribution in [0.5, 0.6) is 0 Å². The van der Waals surface area contributed by atoms with Crippen LogP contribution < -0.4 is 4.90 Å². The van der Waals surface area contributed by atoms with Crippen molar-refractivity contribution < 1.29 is 5.48 Å². The molecule has 0 saturated heterocycles. The van der Waals surface area contributed by atoms with Crippen LogP contribution in [0.15, 0.2) is 212 Å². The van der Waals surface area contributed by atoms with Gasteiger partial charge in [0, 0.05) is 22.3 Å². The number of benzene rings is 9. The van der Waals surface area contributed by atoms with Crippen molar-refractivity contribution in [3.8, 4) is 44.5 Å². The highest BCUT2D eigenvalue weighted by atomic mass is 15.1. The van der Waals surface area contributed by atoms with Crippen LogP contribution >= 0.6 is 0 Å². The molecule has 2 aliphatic rings. The van der Waals surface area contributed by atoms with Crippen LogP contribution in [0.1, 0.15) is 27.7 Å². The van der Waals surface area contributed by atoms with E-state index in [1.54, 1.807) is 0 Å². The van der Waals surface area contributed by atoms with Gasteiger partial charge in [0.15, 0.2) is 0 Å². The van der Waals surface area contributed by atoms with Gasteiger partial charge in [-0.15, -0.1) is 0 Å². The first kappa shape index (κ1) is 26.8. The molecule has 0 aromatic heterocycles. The number of anilines is 3. The third kappa shape index (κ3) is 4.27. The Labute approximate surface area is 321 Å². The van der Waals surface area contributed by atoms with E-state index in [1.165, 1.54) is 0 Å². The molecule has 0 aliphatic heterocycles. The van der Waals surface area contributed by atoms with Crippen molar-refractivity contribution >= 4 is 27.8 Å². The van der Waals surface area contributed by atoms with Crippen molar-refractivity contribution in [2.45, 2.75) is 5.41 Å². The van der Waals surface area contributed by atoms with Gasteiger partial charge in [-0.2, -0.15) is 0 Å². The van der Waals surface area contributed by atoms with Crippen molar-refractivity contribution in [3.05, 3.63) is 234 Å². The van der Waals surface area contributed by atoms with E-state index in [0.29, 0.717) is 11.1 Å². The van der Waals surface area contributed by atoms with E-state index < -0.39 is 5.41 Å². The Morgan fingerprint density at radius 3 is 1.63 bits per heavy atom. The standard InChI is InChI=1S/C53H35N/c1-3-19-37(20-4-1)54(38-21-5-2-6-22-38)52-39-23-8-7-18-36(39)34-35-45(52)41-25-10-9-24-40(41)44-29-17-33-50-51(44)46-28-13-16-32-49(46)53(50)47-30-14-11-26-42(47)43-27-12-15-31-48(43)53/h1-35H/i11D,14D,26D,30D. The van der Waals surface area contributed by atoms with E-state index in [1.807, 2.05) is 18.2 Å². The molecule has 9 aromatic rings. The summed E-state index contributed by atoms with van der Waals surface area (Å²) in [4.78, 5) is 2.37. The summed E-state index contributed by atoms with van der Waals surface area (Å²) >= 11 is 0. The number of nitrogens with zero attached hydrogens (tertiary/aromatic N) is 1. The number of para-hydroxylation sites is 2. The van der Waals surface area contributed by atoms with Crippen LogP contribution in [0.25, 0.3) is 55.3 Å². The van der Waals surface area contributed by atoms with Gasteiger partial charge in [0.1, 0.15) is 0 Å². The quantitative estimate of drug-likeness (QED) is 0.174. The Balaban J connectivity index is 1.23. The number of hydrogen-bond acceptors (Lipinski definition) is 1. The van der Waals surface area contributed by atoms with Crippen LogP contribution in [0.4, 0.5) is 17.1 Å². The van der Waals surface area contributed by atoms with Crippen molar-refractivity contribution in [2.24, 2.45) is 0 Å². The first-order chi connectivity index (χ1) is 28.5. The van der Waals surface area contributed by atoms with Crippen molar-refractivity contribution in [1.82, 2.24) is 0 Å². The monoisotopic (exact) mass is 689 g/mol. The molecule has 2 aliphatic carbocycles. The fourth-order valence-electron chi connectivity index (χ4n) is 9.30. The molecule has 1 unspecified atom stereocenters. The highest BCUT2D eigenvalue weighted by molar-refractivity contribution is 6.09. The first-order valence-corrected chi connectivity index (χ1v) is 18.5. The highest BCUT2D eigenvalue weighted by Gasteiger charge is 2.52. The van der Waals surface area contributed by atoms with Gasteiger partial charge in [-0.3, -0.25) is 0 Å². The Kier molecular flexibility index (Phi) is 5.97. The van der Waals surface area contributed by atoms with Crippen molar-refractivity contribution in [3.63, 3.8) is 0 Å². The Morgan fingerprint density at radius 1 is 0.352 bits per heavy atom. The molecule has 0 radical (unpaired) electrons. The SMILES string of the molecule is [2H]c1c([2H])c([2H])c2c(c1[2H])-c1ccccc1C21c2ccccc2-c2c(-c3ccccc3-c3ccc4ccccc4c3N(c3ccccc3)c3ccccc3)cccc21. The molecular formula is C53H35N. The minimum atomic E-state index is -0.940. The second-order valence-corrected chi connectivity index (χ2v) is 14.1. The van der Waals surface area contributed by atoms with Crippen molar-refractivity contribution in [2.75, 3.05) is 4.90 Å². The fourth-order valence-corrected chi connectivity index (χ4v) is 9.30. The molecule has 0 heterocycles. The molecule has 0 fully saturated rings. The number of rotatable bonds is 5. The van der Waals surface area contributed by atoms with Crippen LogP contribution in [-0.4, -0.2) is 0 Å². The van der Waals surface area contributed by atoms with Crippen LogP contribution in [0, 0.1) is 0 Å². The summed E-state index contributed by atoms with van der Waals surface area (Å²) in [6, 6.07) is 65.5. The van der Waals surface area contributed by atoms with Gasteiger partial charge in [0.2, 0.25) is 0 Å². The lowest BCUT2D eigenvalue weighted by Crippen LogP contribution is -2.25. The second kappa shape index (κ2) is 12.0. The minimum absolute atomic E-state index is 0.00187. The average molecular weight is 690 g/mol. The molecule has 252 valence electrons. The molecule has 54 heavy (non-hydrogen) atoms. The maximum Gasteiger partial charge on any atom is 0.0725 e. The third-order valence-corrected chi connectivity index (χ3v) is 11.4. The molecule has 11 rings (SSSR count). The van der Waals surface area contributed by atoms with E-state index in [9.17, 15) is 2.74 Å². The lowest BCUT2D eigenvalue weighted by atomic mass is 9.70. The Bertz CT molecular complexity index is 3080. The topological polar surface area (TPSA) is 3.24 Å². The smallest absolute Gasteiger partial charge is 0.0725 e. The van der Waals surface area contributed by atoms with Crippen molar-refractivity contribution in [1.29, 1.82) is 0 Å². The van der Waals surface area contributed by atoms with Gasteiger partial charge >= 0.3 is 0 Å². The molecule has 0 N–H and O–H groups in total. The first-order valence-electron chi connectivity index (χ1n) is 20.5. The predicted octanol–water partition coefficient (Wildman–Crippen LogP) is 14.0. The van der Waals surface area contributed by atoms with Gasteiger partial charge in [0.25, 0.3) is 0 Å². The second-order valence-electron chi connectivity index (χ2n) is 14.1. The Hall–Kier alpha value is -6.96. The van der Waals surface area contributed by atoms with E-state index in [2.05, 4.69) is 175 Å². The average Bonchev–Trinajstić information content (AvgIpc) is 3.76. The van der Waals surface area contributed by atoms with E-state index in [0.717, 1.165) is 83.5 Å². The molecule has 0 bridgehead atoms. The molecule has 1 heteroatoms. The maximum absolute atomic E-state index is 9.50. The summed E-state index contributed by atoms with van der Waals surface area (Å²) in [7, 11) is 0. The van der Waals surface area contributed by atoms with Gasteiger partial charge in [-0.05, 0) is 90.8 Å². The zero-order valence-corrected chi connectivity index (χ0v) is 29.3. The van der Waals surface area contributed by atoms with E-state index >= 15 is 0 Å². The van der Waals surface area contributed by atoms with E-state index in [4.69, 9.17) is 2.74 Å². The minimum Gasteiger partial charge on any atom is -0.309 e. The summed E-state index contributed by atoms with van der Waals surface area (Å²) in [5.74, 6) is 0. The number of fused-ring (bicyclic) bond motifs is 11. The molecule has 1 spiro atoms. The van der Waals surface area contributed by atoms with Gasteiger partial charge in [-0.25, -0.2) is 0 Å². The van der Waals surface area contributed by atoms with Gasteiger partial charge in [0.05, 0.1) is 16.6 Å². The zero-order valence-electron chi connectivity index (χ0n) is 33.3. The van der Waals surface area contributed by atoms with E-state index in [-0.39, 0.29) is 24.2 Å². The summed E-state index contributed by atoms with van der Waals surface area (Å²) in [5, 5.41) is 2.29. The fraction of sp³-hybridized carbons (Fsp3) is 0.0189. The molecule has 0 amide bonds. The molecule has 1 nitrogen and oxygen atoms in total. The molecule has 9 aromatic carbocycles.